The minimum Gasteiger partial charge on any atom is -0.392 e. The molecular weight excluding hydrogens is 190 g/mol. The number of nitrogens with one attached hydrogen (secondary N) is 1. The topological polar surface area (TPSA) is 50.1 Å². The first-order valence-electron chi connectivity index (χ1n) is 5.57. The van der Waals surface area contributed by atoms with Gasteiger partial charge in [0.05, 0.1) is 17.5 Å². The van der Waals surface area contributed by atoms with Crippen LogP contribution >= 0.6 is 0 Å². The Balaban J connectivity index is 2.40. The highest BCUT2D eigenvalue weighted by atomic mass is 16.3. The molecule has 15 heavy (non-hydrogen) atoms. The van der Waals surface area contributed by atoms with Crippen LogP contribution in [0.4, 0.5) is 0 Å². The first-order chi connectivity index (χ1) is 7.17. The van der Waals surface area contributed by atoms with E-state index in [9.17, 15) is 5.11 Å². The second-order valence-electron chi connectivity index (χ2n) is 3.80. The maximum Gasteiger partial charge on any atom is 0.0662 e. The Hall–Kier alpha value is -0.870. The fourth-order valence-electron chi connectivity index (χ4n) is 1.42. The van der Waals surface area contributed by atoms with Crippen molar-refractivity contribution in [1.29, 1.82) is 0 Å². The molecule has 0 saturated heterocycles. The van der Waals surface area contributed by atoms with Crippen LogP contribution < -0.4 is 5.32 Å². The van der Waals surface area contributed by atoms with Crippen LogP contribution in [0.3, 0.4) is 0 Å². The Morgan fingerprint density at radius 1 is 1.53 bits per heavy atom. The fraction of sp³-hybridized carbons (Fsp3) is 0.727. The van der Waals surface area contributed by atoms with Gasteiger partial charge in [-0.2, -0.15) is 5.10 Å². The molecule has 0 aliphatic carbocycles. The van der Waals surface area contributed by atoms with Gasteiger partial charge in [0.25, 0.3) is 0 Å². The van der Waals surface area contributed by atoms with Gasteiger partial charge in [0.1, 0.15) is 0 Å². The highest BCUT2D eigenvalue weighted by molar-refractivity contribution is 5.09. The Bertz CT molecular complexity index is 296. The zero-order chi connectivity index (χ0) is 11.3. The number of nitrogens with zero attached hydrogens (tertiary/aromatic N) is 2. The van der Waals surface area contributed by atoms with Crippen LogP contribution in [0.5, 0.6) is 0 Å². The van der Waals surface area contributed by atoms with Crippen LogP contribution in [0.2, 0.25) is 0 Å². The van der Waals surface area contributed by atoms with Gasteiger partial charge in [0.2, 0.25) is 0 Å². The summed E-state index contributed by atoms with van der Waals surface area (Å²) in [4.78, 5) is 0. The first-order valence-corrected chi connectivity index (χ1v) is 5.57. The van der Waals surface area contributed by atoms with Crippen molar-refractivity contribution < 1.29 is 5.11 Å². The number of aryl methyl sites for hydroxylation is 2. The standard InChI is InChI=1S/C11H21N3O/c1-4-9-6-10(14(3)13-9)7-12-8-11(15)5-2/h6,11-12,15H,4-5,7-8H2,1-3H3. The molecule has 1 unspecified atom stereocenters. The molecule has 0 bridgehead atoms. The maximum atomic E-state index is 9.37. The van der Waals surface area contributed by atoms with Crippen molar-refractivity contribution in [2.24, 2.45) is 7.05 Å². The summed E-state index contributed by atoms with van der Waals surface area (Å²) in [6, 6.07) is 2.10. The number of aromatic nitrogens is 2. The predicted molar refractivity (Wildman–Crippen MR) is 60.6 cm³/mol. The van der Waals surface area contributed by atoms with Gasteiger partial charge in [0.15, 0.2) is 0 Å². The van der Waals surface area contributed by atoms with E-state index in [-0.39, 0.29) is 6.10 Å². The molecule has 2 N–H and O–H groups in total. The lowest BCUT2D eigenvalue weighted by atomic mass is 10.2. The summed E-state index contributed by atoms with van der Waals surface area (Å²) in [5, 5.41) is 17.0. The molecule has 0 amide bonds. The number of rotatable bonds is 6. The van der Waals surface area contributed by atoms with E-state index in [0.717, 1.165) is 30.8 Å². The predicted octanol–water partition coefficient (Wildman–Crippen LogP) is 0.843. The van der Waals surface area contributed by atoms with Gasteiger partial charge in [-0.3, -0.25) is 4.68 Å². The second-order valence-corrected chi connectivity index (χ2v) is 3.80. The van der Waals surface area contributed by atoms with Crippen molar-refractivity contribution in [2.45, 2.75) is 39.3 Å². The molecule has 0 fully saturated rings. The zero-order valence-electron chi connectivity index (χ0n) is 9.82. The largest absolute Gasteiger partial charge is 0.392 e. The fourth-order valence-corrected chi connectivity index (χ4v) is 1.42. The van der Waals surface area contributed by atoms with Crippen LogP contribution in [0.15, 0.2) is 6.07 Å². The third-order valence-electron chi connectivity index (χ3n) is 2.55. The summed E-state index contributed by atoms with van der Waals surface area (Å²) in [5.74, 6) is 0. The molecule has 4 heteroatoms. The van der Waals surface area contributed by atoms with E-state index in [1.54, 1.807) is 0 Å². The lowest BCUT2D eigenvalue weighted by molar-refractivity contribution is 0.167. The molecule has 1 atom stereocenters. The van der Waals surface area contributed by atoms with Gasteiger partial charge >= 0.3 is 0 Å². The van der Waals surface area contributed by atoms with Gasteiger partial charge in [-0.05, 0) is 18.9 Å². The molecule has 4 nitrogen and oxygen atoms in total. The van der Waals surface area contributed by atoms with Crippen LogP contribution in [0.25, 0.3) is 0 Å². The second kappa shape index (κ2) is 5.88. The molecular formula is C11H21N3O. The summed E-state index contributed by atoms with van der Waals surface area (Å²) < 4.78 is 1.89. The summed E-state index contributed by atoms with van der Waals surface area (Å²) in [7, 11) is 1.95. The average Bonchev–Trinajstić information content (AvgIpc) is 2.59. The van der Waals surface area contributed by atoms with E-state index >= 15 is 0 Å². The molecule has 1 aromatic heterocycles. The smallest absolute Gasteiger partial charge is 0.0662 e. The molecule has 1 rings (SSSR count). The van der Waals surface area contributed by atoms with E-state index < -0.39 is 0 Å². The third-order valence-corrected chi connectivity index (χ3v) is 2.55. The zero-order valence-corrected chi connectivity index (χ0v) is 9.82. The van der Waals surface area contributed by atoms with Crippen LogP contribution in [0, 0.1) is 0 Å². The van der Waals surface area contributed by atoms with E-state index in [2.05, 4.69) is 23.4 Å². The Kier molecular flexibility index (Phi) is 4.78. The van der Waals surface area contributed by atoms with E-state index in [4.69, 9.17) is 0 Å². The van der Waals surface area contributed by atoms with Crippen molar-refractivity contribution in [3.05, 3.63) is 17.5 Å². The van der Waals surface area contributed by atoms with Crippen LogP contribution in [0.1, 0.15) is 31.7 Å². The Morgan fingerprint density at radius 2 is 2.27 bits per heavy atom. The molecule has 0 radical (unpaired) electrons. The maximum absolute atomic E-state index is 9.37. The lowest BCUT2D eigenvalue weighted by Gasteiger charge is -2.09. The molecule has 0 aliphatic rings. The van der Waals surface area contributed by atoms with Gasteiger partial charge in [-0.15, -0.1) is 0 Å². The quantitative estimate of drug-likeness (QED) is 0.733. The van der Waals surface area contributed by atoms with Crippen molar-refractivity contribution >= 4 is 0 Å². The number of aliphatic hydroxyl groups is 1. The van der Waals surface area contributed by atoms with Gasteiger partial charge in [-0.1, -0.05) is 13.8 Å². The highest BCUT2D eigenvalue weighted by Gasteiger charge is 2.04. The van der Waals surface area contributed by atoms with Crippen molar-refractivity contribution in [2.75, 3.05) is 6.54 Å². The van der Waals surface area contributed by atoms with Crippen LogP contribution in [-0.4, -0.2) is 27.5 Å². The Labute approximate surface area is 91.3 Å². The summed E-state index contributed by atoms with van der Waals surface area (Å²) >= 11 is 0. The SMILES string of the molecule is CCc1cc(CNCC(O)CC)n(C)n1. The molecule has 0 saturated carbocycles. The van der Waals surface area contributed by atoms with Crippen molar-refractivity contribution in [3.8, 4) is 0 Å². The van der Waals surface area contributed by atoms with E-state index in [0.29, 0.717) is 6.54 Å². The molecule has 1 aromatic rings. The minimum atomic E-state index is -0.246. The Morgan fingerprint density at radius 3 is 2.80 bits per heavy atom. The minimum absolute atomic E-state index is 0.246. The third kappa shape index (κ3) is 3.64. The summed E-state index contributed by atoms with van der Waals surface area (Å²) in [6.07, 6.45) is 1.51. The first kappa shape index (κ1) is 12.2. The monoisotopic (exact) mass is 211 g/mol. The number of hydrogen-bond acceptors (Lipinski definition) is 3. The highest BCUT2D eigenvalue weighted by Crippen LogP contribution is 2.03. The molecule has 86 valence electrons. The summed E-state index contributed by atoms with van der Waals surface area (Å²) in [6.45, 7) is 5.48. The molecule has 0 aliphatic heterocycles. The lowest BCUT2D eigenvalue weighted by Crippen LogP contribution is -2.26. The van der Waals surface area contributed by atoms with E-state index in [1.807, 2.05) is 18.7 Å². The summed E-state index contributed by atoms with van der Waals surface area (Å²) in [5.41, 5.74) is 2.28. The van der Waals surface area contributed by atoms with Crippen molar-refractivity contribution in [3.63, 3.8) is 0 Å². The molecule has 1 heterocycles. The van der Waals surface area contributed by atoms with Crippen LogP contribution in [-0.2, 0) is 20.0 Å². The van der Waals surface area contributed by atoms with E-state index in [1.165, 1.54) is 0 Å². The van der Waals surface area contributed by atoms with Gasteiger partial charge in [0, 0.05) is 20.1 Å². The molecule has 0 spiro atoms. The van der Waals surface area contributed by atoms with Gasteiger partial charge in [-0.25, -0.2) is 0 Å². The molecule has 0 aromatic carbocycles. The van der Waals surface area contributed by atoms with Crippen molar-refractivity contribution in [1.82, 2.24) is 15.1 Å². The number of aliphatic hydroxyl groups excluding tert-OH is 1. The normalized spacial score (nSPS) is 13.1. The van der Waals surface area contributed by atoms with Gasteiger partial charge < -0.3 is 10.4 Å². The number of hydrogen-bond donors (Lipinski definition) is 2. The average molecular weight is 211 g/mol.